The van der Waals surface area contributed by atoms with Crippen molar-refractivity contribution in [1.82, 2.24) is 14.2 Å². The minimum atomic E-state index is -3.95. The van der Waals surface area contributed by atoms with E-state index in [1.807, 2.05) is 42.1 Å². The van der Waals surface area contributed by atoms with Crippen LogP contribution in [0, 0.1) is 5.82 Å². The fourth-order valence-electron chi connectivity index (χ4n) is 3.95. The maximum Gasteiger partial charge on any atom is 0.243 e. The summed E-state index contributed by atoms with van der Waals surface area (Å²) in [6, 6.07) is 17.6. The quantitative estimate of drug-likeness (QED) is 0.675. The number of hydrogen-bond acceptors (Lipinski definition) is 3. The van der Waals surface area contributed by atoms with Gasteiger partial charge < -0.3 is 4.57 Å². The van der Waals surface area contributed by atoms with E-state index in [1.54, 1.807) is 0 Å². The third-order valence-corrected chi connectivity index (χ3v) is 6.98. The first-order chi connectivity index (χ1) is 14.0. The van der Waals surface area contributed by atoms with E-state index >= 15 is 0 Å². The number of nitrogens with one attached hydrogen (secondary N) is 1. The third-order valence-electron chi connectivity index (χ3n) is 5.52. The van der Waals surface area contributed by atoms with Crippen LogP contribution in [0.25, 0.3) is 0 Å². The smallest absolute Gasteiger partial charge is 0.243 e. The number of fused-ring (bicyclic) bond motifs is 1. The number of aryl methyl sites for hydroxylation is 1. The van der Waals surface area contributed by atoms with Crippen molar-refractivity contribution in [3.05, 3.63) is 89.5 Å². The van der Waals surface area contributed by atoms with Crippen LogP contribution in [0.1, 0.15) is 22.9 Å². The molecular formula is C22H24FN3O2S. The fourth-order valence-corrected chi connectivity index (χ4v) is 5.07. The predicted octanol–water partition coefficient (Wildman–Crippen LogP) is 3.24. The first-order valence-corrected chi connectivity index (χ1v) is 11.1. The molecule has 0 spiro atoms. The molecule has 2 aromatic carbocycles. The highest BCUT2D eigenvalue weighted by Gasteiger charge is 2.28. The Bertz CT molecular complexity index is 1110. The largest absolute Gasteiger partial charge is 0.353 e. The average molecular weight is 414 g/mol. The monoisotopic (exact) mass is 413 g/mol. The van der Waals surface area contributed by atoms with Gasteiger partial charge in [0, 0.05) is 38.6 Å². The zero-order chi connectivity index (χ0) is 20.4. The van der Waals surface area contributed by atoms with Gasteiger partial charge in [-0.3, -0.25) is 4.90 Å². The molecule has 0 saturated carbocycles. The first-order valence-electron chi connectivity index (χ1n) is 9.62. The number of aromatic nitrogens is 1. The van der Waals surface area contributed by atoms with Crippen LogP contribution in [0.4, 0.5) is 4.39 Å². The molecule has 1 aromatic heterocycles. The maximum absolute atomic E-state index is 14.0. The van der Waals surface area contributed by atoms with Crippen LogP contribution >= 0.6 is 0 Å². The summed E-state index contributed by atoms with van der Waals surface area (Å²) in [7, 11) is -2.00. The summed E-state index contributed by atoms with van der Waals surface area (Å²) in [5.41, 5.74) is 3.61. The molecule has 1 aliphatic rings. The van der Waals surface area contributed by atoms with Crippen molar-refractivity contribution >= 4 is 10.0 Å². The zero-order valence-corrected chi connectivity index (χ0v) is 17.1. The molecule has 0 fully saturated rings. The molecule has 0 bridgehead atoms. The average Bonchev–Trinajstić information content (AvgIpc) is 3.14. The van der Waals surface area contributed by atoms with E-state index in [4.69, 9.17) is 0 Å². The Kier molecular flexibility index (Phi) is 5.54. The van der Waals surface area contributed by atoms with Crippen molar-refractivity contribution in [3.63, 3.8) is 0 Å². The Balaban J connectivity index is 1.60. The molecule has 4 rings (SSSR count). The van der Waals surface area contributed by atoms with Crippen molar-refractivity contribution < 1.29 is 12.8 Å². The van der Waals surface area contributed by atoms with Gasteiger partial charge in [0.2, 0.25) is 10.0 Å². The second-order valence-corrected chi connectivity index (χ2v) is 9.07. The van der Waals surface area contributed by atoms with Gasteiger partial charge in [0.25, 0.3) is 0 Å². The second kappa shape index (κ2) is 8.10. The molecule has 0 saturated heterocycles. The number of sulfonamides is 1. The highest BCUT2D eigenvalue weighted by molar-refractivity contribution is 7.89. The van der Waals surface area contributed by atoms with Crippen molar-refractivity contribution in [1.29, 1.82) is 0 Å². The summed E-state index contributed by atoms with van der Waals surface area (Å²) in [5, 5.41) is 0. The van der Waals surface area contributed by atoms with Crippen LogP contribution in [0.2, 0.25) is 0 Å². The summed E-state index contributed by atoms with van der Waals surface area (Å²) in [6.45, 7) is 1.73. The molecule has 1 N–H and O–H groups in total. The van der Waals surface area contributed by atoms with Gasteiger partial charge in [-0.2, -0.15) is 0 Å². The van der Waals surface area contributed by atoms with E-state index in [0.29, 0.717) is 0 Å². The van der Waals surface area contributed by atoms with E-state index < -0.39 is 15.8 Å². The normalized spacial score (nSPS) is 15.8. The van der Waals surface area contributed by atoms with Crippen LogP contribution in [0.3, 0.4) is 0 Å². The standard InChI is InChI=1S/C22H24FN3O2S/c1-25-13-6-10-20(25)21(26-14-12-17-7-2-3-8-18(17)16-26)15-24-29(27,28)22-11-5-4-9-19(22)23/h2-11,13,21,24H,12,14-16H2,1H3. The molecule has 0 aliphatic carbocycles. The van der Waals surface area contributed by atoms with Crippen molar-refractivity contribution in [3.8, 4) is 0 Å². The number of nitrogens with zero attached hydrogens (tertiary/aromatic N) is 2. The van der Waals surface area contributed by atoms with Crippen LogP contribution in [-0.2, 0) is 30.0 Å². The number of halogens is 1. The van der Waals surface area contributed by atoms with E-state index in [9.17, 15) is 12.8 Å². The molecule has 7 heteroatoms. The molecule has 152 valence electrons. The van der Waals surface area contributed by atoms with Crippen molar-refractivity contribution in [2.45, 2.75) is 23.9 Å². The molecule has 5 nitrogen and oxygen atoms in total. The second-order valence-electron chi connectivity index (χ2n) is 7.33. The van der Waals surface area contributed by atoms with Crippen molar-refractivity contribution in [2.75, 3.05) is 13.1 Å². The first kappa shape index (κ1) is 19.8. The van der Waals surface area contributed by atoms with Gasteiger partial charge in [0.15, 0.2) is 0 Å². The van der Waals surface area contributed by atoms with E-state index in [0.717, 1.165) is 31.3 Å². The number of hydrogen-bond donors (Lipinski definition) is 1. The third kappa shape index (κ3) is 4.12. The van der Waals surface area contributed by atoms with Crippen LogP contribution in [0.5, 0.6) is 0 Å². The van der Waals surface area contributed by atoms with Crippen molar-refractivity contribution in [2.24, 2.45) is 7.05 Å². The van der Waals surface area contributed by atoms with Gasteiger partial charge >= 0.3 is 0 Å². The zero-order valence-electron chi connectivity index (χ0n) is 16.3. The van der Waals surface area contributed by atoms with E-state index in [1.165, 1.54) is 29.3 Å². The SMILES string of the molecule is Cn1cccc1C(CNS(=O)(=O)c1ccccc1F)N1CCc2ccccc2C1. The molecule has 0 amide bonds. The Labute approximate surface area is 170 Å². The summed E-state index contributed by atoms with van der Waals surface area (Å²) < 4.78 is 44.1. The fraction of sp³-hybridized carbons (Fsp3) is 0.273. The Morgan fingerprint density at radius 2 is 1.76 bits per heavy atom. The number of benzene rings is 2. The van der Waals surface area contributed by atoms with Gasteiger partial charge in [-0.05, 0) is 41.8 Å². The van der Waals surface area contributed by atoms with Gasteiger partial charge in [-0.15, -0.1) is 0 Å². The molecule has 0 radical (unpaired) electrons. The lowest BCUT2D eigenvalue weighted by Gasteiger charge is -2.36. The van der Waals surface area contributed by atoms with Gasteiger partial charge in [-0.1, -0.05) is 36.4 Å². The van der Waals surface area contributed by atoms with Gasteiger partial charge in [0.05, 0.1) is 6.04 Å². The predicted molar refractivity (Wildman–Crippen MR) is 110 cm³/mol. The molecule has 3 aromatic rings. The van der Waals surface area contributed by atoms with Crippen LogP contribution in [-0.4, -0.2) is 31.0 Å². The van der Waals surface area contributed by atoms with Crippen LogP contribution < -0.4 is 4.72 Å². The topological polar surface area (TPSA) is 54.3 Å². The lowest BCUT2D eigenvalue weighted by Crippen LogP contribution is -2.41. The number of rotatable bonds is 6. The Hall–Kier alpha value is -2.48. The molecular weight excluding hydrogens is 389 g/mol. The minimum Gasteiger partial charge on any atom is -0.353 e. The maximum atomic E-state index is 14.0. The molecule has 1 atom stereocenters. The minimum absolute atomic E-state index is 0.162. The lowest BCUT2D eigenvalue weighted by molar-refractivity contribution is 0.174. The molecule has 1 aliphatic heterocycles. The molecule has 29 heavy (non-hydrogen) atoms. The van der Waals surface area contributed by atoms with E-state index in [2.05, 4.69) is 21.8 Å². The van der Waals surface area contributed by atoms with E-state index in [-0.39, 0.29) is 17.5 Å². The molecule has 2 heterocycles. The Morgan fingerprint density at radius 1 is 1.03 bits per heavy atom. The summed E-state index contributed by atoms with van der Waals surface area (Å²) in [4.78, 5) is 1.95. The van der Waals surface area contributed by atoms with Crippen LogP contribution in [0.15, 0.2) is 71.8 Å². The highest BCUT2D eigenvalue weighted by Crippen LogP contribution is 2.28. The van der Waals surface area contributed by atoms with Gasteiger partial charge in [-0.25, -0.2) is 17.5 Å². The summed E-state index contributed by atoms with van der Waals surface area (Å²) in [6.07, 6.45) is 2.86. The molecule has 1 unspecified atom stereocenters. The lowest BCUT2D eigenvalue weighted by atomic mass is 9.98. The van der Waals surface area contributed by atoms with Gasteiger partial charge in [0.1, 0.15) is 10.7 Å². The summed E-state index contributed by atoms with van der Waals surface area (Å²) >= 11 is 0. The Morgan fingerprint density at radius 3 is 2.48 bits per heavy atom. The highest BCUT2D eigenvalue weighted by atomic mass is 32.2. The summed E-state index contributed by atoms with van der Waals surface area (Å²) in [5.74, 6) is -0.748.